The molecule has 0 fully saturated rings. The van der Waals surface area contributed by atoms with Crippen molar-refractivity contribution >= 4 is 11.0 Å². The highest BCUT2D eigenvalue weighted by Crippen LogP contribution is 2.08. The lowest BCUT2D eigenvalue weighted by Gasteiger charge is -1.86. The number of hydrogen-bond donors (Lipinski definition) is 1. The Kier molecular flexibility index (Phi) is 0.881. The number of nitrogens with zero attached hydrogens (tertiary/aromatic N) is 4. The monoisotopic (exact) mass is 146 g/mol. The van der Waals surface area contributed by atoms with Crippen LogP contribution < -0.4 is 0 Å². The van der Waals surface area contributed by atoms with Gasteiger partial charge in [0.05, 0.1) is 11.6 Å². The van der Waals surface area contributed by atoms with Crippen molar-refractivity contribution in [2.24, 2.45) is 0 Å². The van der Waals surface area contributed by atoms with Crippen LogP contribution in [0.15, 0.2) is 12.5 Å². The van der Waals surface area contributed by atoms with E-state index in [-0.39, 0.29) is 12.0 Å². The van der Waals surface area contributed by atoms with Crippen LogP contribution >= 0.6 is 0 Å². The molecule has 0 unspecified atom stereocenters. The van der Waals surface area contributed by atoms with Crippen molar-refractivity contribution in [1.29, 1.82) is 5.26 Å². The van der Waals surface area contributed by atoms with Gasteiger partial charge in [0.25, 0.3) is 0 Å². The van der Waals surface area contributed by atoms with Crippen LogP contribution in [0.25, 0.3) is 11.0 Å². The van der Waals surface area contributed by atoms with Crippen molar-refractivity contribution in [1.82, 2.24) is 20.2 Å². The Hall–Kier alpha value is -1.96. The van der Waals surface area contributed by atoms with Gasteiger partial charge in [0.15, 0.2) is 11.3 Å². The predicted octanol–water partition coefficient (Wildman–Crippen LogP) is 0.225. The Morgan fingerprint density at radius 1 is 1.64 bits per heavy atom. The first-order chi connectivity index (χ1) is 5.81. The van der Waals surface area contributed by atoms with Gasteiger partial charge in [-0.2, -0.15) is 10.4 Å². The quantitative estimate of drug-likeness (QED) is 0.576. The molecule has 1 N–H and O–H groups in total. The third kappa shape index (κ3) is 0.730. The van der Waals surface area contributed by atoms with E-state index < -0.39 is 0 Å². The smallest absolute Gasteiger partial charge is 0.159 e. The number of fused-ring (bicyclic) bond motifs is 1. The zero-order valence-corrected chi connectivity index (χ0v) is 5.37. The van der Waals surface area contributed by atoms with Crippen molar-refractivity contribution < 1.29 is 1.37 Å². The average Bonchev–Trinajstić information content (AvgIpc) is 2.50. The van der Waals surface area contributed by atoms with E-state index in [1.807, 2.05) is 6.07 Å². The number of nitriles is 1. The number of nitrogens with one attached hydrogen (secondary N) is 1. The first-order valence-electron chi connectivity index (χ1n) is 3.39. The van der Waals surface area contributed by atoms with Gasteiger partial charge in [0, 0.05) is 0 Å². The van der Waals surface area contributed by atoms with E-state index >= 15 is 0 Å². The third-order valence-electron chi connectivity index (χ3n) is 1.30. The Morgan fingerprint density at radius 3 is 3.36 bits per heavy atom. The molecule has 2 rings (SSSR count). The van der Waals surface area contributed by atoms with Gasteiger partial charge >= 0.3 is 0 Å². The molecule has 52 valence electrons. The van der Waals surface area contributed by atoms with E-state index in [2.05, 4.69) is 20.2 Å². The first kappa shape index (κ1) is 4.79. The summed E-state index contributed by atoms with van der Waals surface area (Å²) >= 11 is 0. The van der Waals surface area contributed by atoms with Crippen LogP contribution in [0.2, 0.25) is 0 Å². The van der Waals surface area contributed by atoms with Crippen molar-refractivity contribution in [3.63, 3.8) is 0 Å². The molecule has 5 nitrogen and oxygen atoms in total. The molecule has 0 aliphatic carbocycles. The maximum atomic E-state index is 8.61. The third-order valence-corrected chi connectivity index (χ3v) is 1.30. The molecule has 0 amide bonds. The van der Waals surface area contributed by atoms with Gasteiger partial charge in [-0.15, -0.1) is 0 Å². The Balaban J connectivity index is 2.91. The van der Waals surface area contributed by atoms with Crippen molar-refractivity contribution in [2.45, 2.75) is 0 Å². The fourth-order valence-electron chi connectivity index (χ4n) is 0.808. The minimum atomic E-state index is -0.177. The van der Waals surface area contributed by atoms with E-state index in [1.165, 1.54) is 6.20 Å². The standard InChI is InChI=1S/C6H3N5/c7-1-5-4-2-10-11-6(4)9-3-8-5/h2-3H,(H,8,9,10,11)/i3D. The molecular formula is C6H3N5. The van der Waals surface area contributed by atoms with Gasteiger partial charge in [-0.05, 0) is 0 Å². The summed E-state index contributed by atoms with van der Waals surface area (Å²) in [6.07, 6.45) is 1.29. The second kappa shape index (κ2) is 2.02. The summed E-state index contributed by atoms with van der Waals surface area (Å²) in [5, 5.41) is 15.4. The molecule has 0 aliphatic heterocycles. The second-order valence-electron chi connectivity index (χ2n) is 1.92. The molecule has 0 saturated carbocycles. The van der Waals surface area contributed by atoms with Gasteiger partial charge in [-0.1, -0.05) is 0 Å². The average molecular weight is 146 g/mol. The van der Waals surface area contributed by atoms with Gasteiger partial charge in [-0.3, -0.25) is 5.10 Å². The largest absolute Gasteiger partial charge is 0.261 e. The van der Waals surface area contributed by atoms with Crippen LogP contribution in [0.5, 0.6) is 0 Å². The van der Waals surface area contributed by atoms with Crippen molar-refractivity contribution in [2.75, 3.05) is 0 Å². The number of hydrogen-bond acceptors (Lipinski definition) is 4. The van der Waals surface area contributed by atoms with Crippen molar-refractivity contribution in [3.8, 4) is 6.07 Å². The molecule has 5 heteroatoms. The zero-order valence-electron chi connectivity index (χ0n) is 6.37. The Morgan fingerprint density at radius 2 is 2.55 bits per heavy atom. The Bertz CT molecular complexity index is 468. The molecule has 0 radical (unpaired) electrons. The van der Waals surface area contributed by atoms with Crippen LogP contribution in [-0.4, -0.2) is 20.2 Å². The van der Waals surface area contributed by atoms with E-state index in [0.29, 0.717) is 11.0 Å². The normalized spacial score (nSPS) is 11.0. The second-order valence-corrected chi connectivity index (χ2v) is 1.92. The van der Waals surface area contributed by atoms with E-state index in [1.54, 1.807) is 0 Å². The van der Waals surface area contributed by atoms with Crippen LogP contribution in [-0.2, 0) is 0 Å². The summed E-state index contributed by atoms with van der Waals surface area (Å²) in [6, 6.07) is 1.87. The minimum Gasteiger partial charge on any atom is -0.261 e. The minimum absolute atomic E-state index is 0.177. The highest BCUT2D eigenvalue weighted by atomic mass is 15.1. The fourth-order valence-corrected chi connectivity index (χ4v) is 0.808. The number of aromatic nitrogens is 4. The SMILES string of the molecule is [2H]c1nc(C#N)c2cn[nH]c2n1. The molecule has 2 aromatic rings. The van der Waals surface area contributed by atoms with Gasteiger partial charge in [-0.25, -0.2) is 9.97 Å². The van der Waals surface area contributed by atoms with Crippen LogP contribution in [0.1, 0.15) is 7.06 Å². The lowest BCUT2D eigenvalue weighted by molar-refractivity contribution is 1.09. The van der Waals surface area contributed by atoms with E-state index in [9.17, 15) is 0 Å². The van der Waals surface area contributed by atoms with Gasteiger partial charge in [0.1, 0.15) is 13.7 Å². The number of rotatable bonds is 0. The summed E-state index contributed by atoms with van der Waals surface area (Å²) < 4.78 is 7.14. The molecule has 0 spiro atoms. The summed E-state index contributed by atoms with van der Waals surface area (Å²) in [4.78, 5) is 7.36. The summed E-state index contributed by atoms with van der Waals surface area (Å²) in [6.45, 7) is 0. The van der Waals surface area contributed by atoms with Crippen LogP contribution in [0.4, 0.5) is 0 Å². The molecule has 0 aliphatic rings. The molecular weight excluding hydrogens is 142 g/mol. The zero-order chi connectivity index (χ0) is 8.55. The first-order valence-corrected chi connectivity index (χ1v) is 2.89. The topological polar surface area (TPSA) is 78.2 Å². The van der Waals surface area contributed by atoms with E-state index in [0.717, 1.165) is 0 Å². The van der Waals surface area contributed by atoms with Gasteiger partial charge in [0.2, 0.25) is 0 Å². The predicted molar refractivity (Wildman–Crippen MR) is 36.4 cm³/mol. The molecule has 0 saturated heterocycles. The molecule has 0 aromatic carbocycles. The maximum Gasteiger partial charge on any atom is 0.159 e. The maximum absolute atomic E-state index is 8.61. The molecule has 2 heterocycles. The fraction of sp³-hybridized carbons (Fsp3) is 0. The summed E-state index contributed by atoms with van der Waals surface area (Å²) in [5.74, 6) is 0. The highest BCUT2D eigenvalue weighted by molar-refractivity contribution is 5.78. The van der Waals surface area contributed by atoms with Crippen molar-refractivity contribution in [3.05, 3.63) is 18.2 Å². The van der Waals surface area contributed by atoms with Crippen LogP contribution in [0.3, 0.4) is 0 Å². The van der Waals surface area contributed by atoms with Crippen LogP contribution in [0, 0.1) is 11.3 Å². The molecule has 2 aromatic heterocycles. The lowest BCUT2D eigenvalue weighted by Crippen LogP contribution is -1.84. The highest BCUT2D eigenvalue weighted by Gasteiger charge is 2.02. The number of aromatic amines is 1. The summed E-state index contributed by atoms with van der Waals surface area (Å²) in [5.41, 5.74) is 0.602. The van der Waals surface area contributed by atoms with E-state index in [4.69, 9.17) is 6.63 Å². The molecule has 0 bridgehead atoms. The number of H-pyrrole nitrogens is 1. The molecule has 11 heavy (non-hydrogen) atoms. The molecule has 0 atom stereocenters. The van der Waals surface area contributed by atoms with Gasteiger partial charge < -0.3 is 0 Å². The Labute approximate surface area is 63.1 Å². The lowest BCUT2D eigenvalue weighted by atomic mass is 10.3. The summed E-state index contributed by atoms with van der Waals surface area (Å²) in [7, 11) is 0.